The van der Waals surface area contributed by atoms with Crippen LogP contribution < -0.4 is 10.6 Å². The number of carbonyl (C=O) groups is 3. The van der Waals surface area contributed by atoms with Crippen LogP contribution in [0.25, 0.3) is 0 Å². The third-order valence-corrected chi connectivity index (χ3v) is 5.46. The summed E-state index contributed by atoms with van der Waals surface area (Å²) in [5.41, 5.74) is 2.13. The van der Waals surface area contributed by atoms with Gasteiger partial charge in [0.05, 0.1) is 22.6 Å². The van der Waals surface area contributed by atoms with E-state index < -0.39 is 22.8 Å². The number of hydrogen-bond donors (Lipinski definition) is 2. The summed E-state index contributed by atoms with van der Waals surface area (Å²) >= 11 is 0. The number of anilines is 1. The van der Waals surface area contributed by atoms with Gasteiger partial charge in [0.1, 0.15) is 0 Å². The first-order chi connectivity index (χ1) is 16.0. The van der Waals surface area contributed by atoms with Crippen LogP contribution in [0.4, 0.5) is 16.2 Å². The highest BCUT2D eigenvalue weighted by molar-refractivity contribution is 6.05. The van der Waals surface area contributed by atoms with E-state index in [1.807, 2.05) is 0 Å². The molecule has 0 aliphatic carbocycles. The van der Waals surface area contributed by atoms with Gasteiger partial charge in [0.15, 0.2) is 0 Å². The fraction of sp³-hybridized carbons (Fsp3) is 0.292. The summed E-state index contributed by atoms with van der Waals surface area (Å²) in [5, 5.41) is 16.7. The van der Waals surface area contributed by atoms with Gasteiger partial charge in [0.2, 0.25) is 0 Å². The number of nitrogens with one attached hydrogen (secondary N) is 2. The summed E-state index contributed by atoms with van der Waals surface area (Å²) in [7, 11) is 1.56. The summed E-state index contributed by atoms with van der Waals surface area (Å²) in [6.07, 6.45) is -0.347. The molecule has 1 heterocycles. The van der Waals surface area contributed by atoms with E-state index in [9.17, 15) is 24.5 Å². The molecule has 0 unspecified atom stereocenters. The van der Waals surface area contributed by atoms with Crippen LogP contribution in [0, 0.1) is 17.0 Å². The van der Waals surface area contributed by atoms with Crippen LogP contribution in [-0.2, 0) is 9.53 Å². The first-order valence-corrected chi connectivity index (χ1v) is 10.6. The number of nitro benzene ring substituents is 1. The number of carbonyl (C=O) groups excluding carboxylic acids is 3. The molecule has 2 N–H and O–H groups in total. The van der Waals surface area contributed by atoms with Gasteiger partial charge in [-0.3, -0.25) is 14.9 Å². The van der Waals surface area contributed by atoms with Crippen molar-refractivity contribution in [1.82, 2.24) is 10.2 Å². The van der Waals surface area contributed by atoms with Crippen molar-refractivity contribution in [3.8, 4) is 0 Å². The molecule has 0 saturated carbocycles. The van der Waals surface area contributed by atoms with Gasteiger partial charge in [0.25, 0.3) is 11.6 Å². The number of aryl methyl sites for hydroxylation is 1. The average molecular weight is 466 g/mol. The molecule has 1 aliphatic rings. The fourth-order valence-corrected chi connectivity index (χ4v) is 3.57. The van der Waals surface area contributed by atoms with E-state index in [1.165, 1.54) is 23.1 Å². The Morgan fingerprint density at radius 3 is 2.53 bits per heavy atom. The zero-order chi connectivity index (χ0) is 25.2. The van der Waals surface area contributed by atoms with Crippen LogP contribution in [-0.4, -0.2) is 40.9 Å². The molecule has 10 heteroatoms. The molecule has 3 rings (SSSR count). The van der Waals surface area contributed by atoms with Gasteiger partial charge in [-0.1, -0.05) is 18.2 Å². The van der Waals surface area contributed by atoms with Gasteiger partial charge in [0, 0.05) is 35.6 Å². The number of allylic oxidation sites excluding steroid dienone is 1. The molecule has 2 aromatic carbocycles. The van der Waals surface area contributed by atoms with Crippen molar-refractivity contribution in [2.45, 2.75) is 39.8 Å². The summed E-state index contributed by atoms with van der Waals surface area (Å²) in [5.74, 6) is -1.08. The van der Waals surface area contributed by atoms with Gasteiger partial charge in [-0.05, 0) is 51.5 Å². The first kappa shape index (κ1) is 24.4. The number of urea groups is 1. The Morgan fingerprint density at radius 1 is 1.18 bits per heavy atom. The van der Waals surface area contributed by atoms with E-state index in [2.05, 4.69) is 10.6 Å². The molecule has 1 atom stereocenters. The Balaban J connectivity index is 1.92. The minimum atomic E-state index is -0.785. The normalized spacial score (nSPS) is 15.8. The molecular weight excluding hydrogens is 440 g/mol. The van der Waals surface area contributed by atoms with Crippen molar-refractivity contribution in [3.63, 3.8) is 0 Å². The minimum Gasteiger partial charge on any atom is -0.459 e. The third kappa shape index (κ3) is 5.06. The number of ether oxygens (including phenoxy) is 1. The molecule has 178 valence electrons. The average Bonchev–Trinajstić information content (AvgIpc) is 2.76. The van der Waals surface area contributed by atoms with Crippen LogP contribution in [0.2, 0.25) is 0 Å². The van der Waals surface area contributed by atoms with E-state index in [0.717, 1.165) is 0 Å². The van der Waals surface area contributed by atoms with Crippen molar-refractivity contribution < 1.29 is 24.0 Å². The lowest BCUT2D eigenvalue weighted by atomic mass is 9.94. The summed E-state index contributed by atoms with van der Waals surface area (Å²) in [6.45, 7) is 6.73. The highest BCUT2D eigenvalue weighted by atomic mass is 16.6. The van der Waals surface area contributed by atoms with Gasteiger partial charge >= 0.3 is 12.0 Å². The van der Waals surface area contributed by atoms with Crippen LogP contribution in [0.5, 0.6) is 0 Å². The molecule has 0 spiro atoms. The molecule has 10 nitrogen and oxygen atoms in total. The summed E-state index contributed by atoms with van der Waals surface area (Å²) in [4.78, 5) is 50.0. The molecule has 2 aromatic rings. The van der Waals surface area contributed by atoms with Crippen molar-refractivity contribution >= 4 is 29.3 Å². The second-order valence-corrected chi connectivity index (χ2v) is 8.23. The number of esters is 1. The number of hydrogen-bond acceptors (Lipinski definition) is 6. The lowest BCUT2D eigenvalue weighted by Crippen LogP contribution is -2.46. The third-order valence-electron chi connectivity index (χ3n) is 5.46. The van der Waals surface area contributed by atoms with Crippen molar-refractivity contribution in [2.24, 2.45) is 0 Å². The van der Waals surface area contributed by atoms with E-state index in [4.69, 9.17) is 4.74 Å². The Morgan fingerprint density at radius 2 is 1.88 bits per heavy atom. The van der Waals surface area contributed by atoms with E-state index >= 15 is 0 Å². The van der Waals surface area contributed by atoms with Crippen LogP contribution in [0.1, 0.15) is 48.3 Å². The second-order valence-electron chi connectivity index (χ2n) is 8.23. The number of amides is 3. The number of benzene rings is 2. The first-order valence-electron chi connectivity index (χ1n) is 10.6. The molecule has 0 aromatic heterocycles. The molecule has 0 radical (unpaired) electrons. The molecular formula is C24H26N4O6. The smallest absolute Gasteiger partial charge is 0.338 e. The van der Waals surface area contributed by atoms with Gasteiger partial charge in [-0.2, -0.15) is 0 Å². The monoisotopic (exact) mass is 466 g/mol. The Kier molecular flexibility index (Phi) is 7.00. The van der Waals surface area contributed by atoms with Crippen molar-refractivity contribution in [3.05, 3.63) is 80.5 Å². The van der Waals surface area contributed by atoms with Crippen molar-refractivity contribution in [2.75, 3.05) is 12.4 Å². The maximum Gasteiger partial charge on any atom is 0.338 e. The summed E-state index contributed by atoms with van der Waals surface area (Å²) < 4.78 is 5.39. The predicted octanol–water partition coefficient (Wildman–Crippen LogP) is 4.08. The largest absolute Gasteiger partial charge is 0.459 e. The van der Waals surface area contributed by atoms with E-state index in [-0.39, 0.29) is 29.0 Å². The Hall–Kier alpha value is -4.21. The topological polar surface area (TPSA) is 131 Å². The molecule has 3 amide bonds. The molecule has 34 heavy (non-hydrogen) atoms. The van der Waals surface area contributed by atoms with Crippen LogP contribution in [0.15, 0.2) is 53.7 Å². The highest BCUT2D eigenvalue weighted by Crippen LogP contribution is 2.32. The minimum absolute atomic E-state index is 0.132. The molecule has 0 fully saturated rings. The lowest BCUT2D eigenvalue weighted by Gasteiger charge is -2.33. The fourth-order valence-electron chi connectivity index (χ4n) is 3.57. The number of nitro groups is 1. The zero-order valence-corrected chi connectivity index (χ0v) is 19.5. The highest BCUT2D eigenvalue weighted by Gasteiger charge is 2.35. The maximum absolute atomic E-state index is 12.8. The maximum atomic E-state index is 12.8. The van der Waals surface area contributed by atoms with Crippen LogP contribution >= 0.6 is 0 Å². The Labute approximate surface area is 196 Å². The van der Waals surface area contributed by atoms with Gasteiger partial charge in [-0.15, -0.1) is 0 Å². The number of rotatable bonds is 6. The number of nitrogens with zero attached hydrogens (tertiary/aromatic N) is 2. The summed E-state index contributed by atoms with van der Waals surface area (Å²) in [6, 6.07) is 9.74. The van der Waals surface area contributed by atoms with Gasteiger partial charge < -0.3 is 20.3 Å². The Bertz CT molecular complexity index is 1200. The SMILES string of the molecule is CC1=C(C(=O)OC(C)C)[C@H](c2cccc(NC(=O)c3ccc(C)c([N+](=O)[O-])c3)c2)NC(=O)N1C. The standard InChI is InChI=1S/C24H26N4O6/c1-13(2)34-23(30)20-15(4)27(5)24(31)26-21(20)16-7-6-8-18(11-16)25-22(29)17-10-9-14(3)19(12-17)28(32)33/h6-13,21H,1-5H3,(H,25,29)(H,26,31)/t21-/m0/s1. The van der Waals surface area contributed by atoms with Crippen molar-refractivity contribution in [1.29, 1.82) is 0 Å². The van der Waals surface area contributed by atoms with Gasteiger partial charge in [-0.25, -0.2) is 9.59 Å². The van der Waals surface area contributed by atoms with E-state index in [0.29, 0.717) is 22.5 Å². The molecule has 0 saturated heterocycles. The molecule has 0 bridgehead atoms. The molecule has 1 aliphatic heterocycles. The van der Waals surface area contributed by atoms with E-state index in [1.54, 1.807) is 59.0 Å². The van der Waals surface area contributed by atoms with Crippen LogP contribution in [0.3, 0.4) is 0 Å². The predicted molar refractivity (Wildman–Crippen MR) is 125 cm³/mol. The zero-order valence-electron chi connectivity index (χ0n) is 19.5. The quantitative estimate of drug-likeness (QED) is 0.375. The lowest BCUT2D eigenvalue weighted by molar-refractivity contribution is -0.385. The second kappa shape index (κ2) is 9.74.